The maximum absolute atomic E-state index is 11.6. The van der Waals surface area contributed by atoms with Gasteiger partial charge in [-0.05, 0) is 36.4 Å². The van der Waals surface area contributed by atoms with Crippen LogP contribution in [-0.4, -0.2) is 12.9 Å². The summed E-state index contributed by atoms with van der Waals surface area (Å²) in [6.07, 6.45) is 4.47. The number of carbonyl (C=O) groups excluding carboxylic acids is 1. The summed E-state index contributed by atoms with van der Waals surface area (Å²) < 4.78 is 10.0. The zero-order chi connectivity index (χ0) is 12.8. The van der Waals surface area contributed by atoms with Gasteiger partial charge in [0.15, 0.2) is 5.76 Å². The third-order valence-corrected chi connectivity index (χ3v) is 2.34. The van der Waals surface area contributed by atoms with Crippen molar-refractivity contribution in [2.45, 2.75) is 0 Å². The van der Waals surface area contributed by atoms with Crippen molar-refractivity contribution in [3.05, 3.63) is 60.7 Å². The van der Waals surface area contributed by atoms with Gasteiger partial charge in [0.1, 0.15) is 5.75 Å². The SMILES string of the molecule is COc1ccc(NC=CC(=O)c2ccco2)cc1. The van der Waals surface area contributed by atoms with Crippen molar-refractivity contribution >= 4 is 11.5 Å². The fourth-order valence-electron chi connectivity index (χ4n) is 1.40. The Labute approximate surface area is 105 Å². The molecule has 0 aliphatic heterocycles. The van der Waals surface area contributed by atoms with E-state index in [0.29, 0.717) is 5.76 Å². The maximum Gasteiger partial charge on any atom is 0.222 e. The molecule has 0 saturated heterocycles. The smallest absolute Gasteiger partial charge is 0.222 e. The van der Waals surface area contributed by atoms with Gasteiger partial charge >= 0.3 is 0 Å². The number of benzene rings is 1. The van der Waals surface area contributed by atoms with Crippen LogP contribution < -0.4 is 10.1 Å². The molecule has 1 aromatic carbocycles. The van der Waals surface area contributed by atoms with E-state index in [9.17, 15) is 4.79 Å². The van der Waals surface area contributed by atoms with E-state index in [2.05, 4.69) is 5.32 Å². The Bertz CT molecular complexity index is 527. The first-order valence-corrected chi connectivity index (χ1v) is 5.44. The van der Waals surface area contributed by atoms with Crippen LogP contribution in [0.2, 0.25) is 0 Å². The lowest BCUT2D eigenvalue weighted by Crippen LogP contribution is -1.94. The fourth-order valence-corrected chi connectivity index (χ4v) is 1.40. The van der Waals surface area contributed by atoms with Gasteiger partial charge in [-0.2, -0.15) is 0 Å². The molecule has 4 heteroatoms. The molecular weight excluding hydrogens is 230 g/mol. The van der Waals surface area contributed by atoms with Gasteiger partial charge in [-0.25, -0.2) is 0 Å². The second kappa shape index (κ2) is 5.72. The maximum atomic E-state index is 11.6. The average Bonchev–Trinajstić information content (AvgIpc) is 2.93. The van der Waals surface area contributed by atoms with Gasteiger partial charge in [-0.15, -0.1) is 0 Å². The van der Waals surface area contributed by atoms with E-state index in [0.717, 1.165) is 11.4 Å². The zero-order valence-corrected chi connectivity index (χ0v) is 9.92. The summed E-state index contributed by atoms with van der Waals surface area (Å²) in [6, 6.07) is 10.7. The molecule has 92 valence electrons. The van der Waals surface area contributed by atoms with E-state index in [1.165, 1.54) is 12.3 Å². The number of nitrogens with one attached hydrogen (secondary N) is 1. The Morgan fingerprint density at radius 2 is 2.06 bits per heavy atom. The monoisotopic (exact) mass is 243 g/mol. The number of furan rings is 1. The largest absolute Gasteiger partial charge is 0.497 e. The Morgan fingerprint density at radius 1 is 1.28 bits per heavy atom. The van der Waals surface area contributed by atoms with Crippen LogP contribution in [0.4, 0.5) is 5.69 Å². The van der Waals surface area contributed by atoms with Crippen LogP contribution in [-0.2, 0) is 0 Å². The molecule has 4 nitrogen and oxygen atoms in total. The number of ketones is 1. The first kappa shape index (κ1) is 12.0. The van der Waals surface area contributed by atoms with Crippen LogP contribution in [0.1, 0.15) is 10.6 Å². The lowest BCUT2D eigenvalue weighted by Gasteiger charge is -2.02. The first-order valence-electron chi connectivity index (χ1n) is 5.44. The third-order valence-electron chi connectivity index (χ3n) is 2.34. The minimum Gasteiger partial charge on any atom is -0.497 e. The lowest BCUT2D eigenvalue weighted by molar-refractivity contribution is 0.102. The highest BCUT2D eigenvalue weighted by Crippen LogP contribution is 2.14. The van der Waals surface area contributed by atoms with Gasteiger partial charge in [0, 0.05) is 18.0 Å². The lowest BCUT2D eigenvalue weighted by atomic mass is 10.3. The van der Waals surface area contributed by atoms with Crippen molar-refractivity contribution in [2.75, 3.05) is 12.4 Å². The third kappa shape index (κ3) is 3.01. The highest BCUT2D eigenvalue weighted by molar-refractivity contribution is 6.02. The fraction of sp³-hybridized carbons (Fsp3) is 0.0714. The molecule has 1 aromatic heterocycles. The van der Waals surface area contributed by atoms with Crippen LogP contribution in [0.15, 0.2) is 59.4 Å². The molecule has 0 saturated carbocycles. The van der Waals surface area contributed by atoms with E-state index in [4.69, 9.17) is 9.15 Å². The van der Waals surface area contributed by atoms with Gasteiger partial charge in [0.05, 0.1) is 13.4 Å². The minimum absolute atomic E-state index is 0.180. The summed E-state index contributed by atoms with van der Waals surface area (Å²) in [7, 11) is 1.62. The van der Waals surface area contributed by atoms with Gasteiger partial charge in [-0.3, -0.25) is 4.79 Å². The normalized spacial score (nSPS) is 10.5. The van der Waals surface area contributed by atoms with Crippen LogP contribution in [0.3, 0.4) is 0 Å². The van der Waals surface area contributed by atoms with Gasteiger partial charge in [0.2, 0.25) is 5.78 Å². The number of carbonyl (C=O) groups is 1. The van der Waals surface area contributed by atoms with Crippen LogP contribution in [0, 0.1) is 0 Å². The zero-order valence-electron chi connectivity index (χ0n) is 9.92. The highest BCUT2D eigenvalue weighted by atomic mass is 16.5. The van der Waals surface area contributed by atoms with Crippen molar-refractivity contribution in [2.24, 2.45) is 0 Å². The molecule has 1 N–H and O–H groups in total. The summed E-state index contributed by atoms with van der Waals surface area (Å²) in [5.74, 6) is 0.931. The van der Waals surface area contributed by atoms with E-state index in [1.807, 2.05) is 24.3 Å². The Hall–Kier alpha value is -2.49. The van der Waals surface area contributed by atoms with Crippen LogP contribution in [0.5, 0.6) is 5.75 Å². The van der Waals surface area contributed by atoms with E-state index in [-0.39, 0.29) is 5.78 Å². The highest BCUT2D eigenvalue weighted by Gasteiger charge is 2.02. The quantitative estimate of drug-likeness (QED) is 0.647. The summed E-state index contributed by atoms with van der Waals surface area (Å²) >= 11 is 0. The van der Waals surface area contributed by atoms with Crippen LogP contribution >= 0.6 is 0 Å². The Kier molecular flexibility index (Phi) is 3.81. The van der Waals surface area contributed by atoms with Crippen LogP contribution in [0.25, 0.3) is 0 Å². The molecule has 0 spiro atoms. The summed E-state index contributed by atoms with van der Waals surface area (Å²) in [4.78, 5) is 11.6. The van der Waals surface area contributed by atoms with Gasteiger partial charge in [0.25, 0.3) is 0 Å². The molecule has 0 amide bonds. The molecule has 2 rings (SSSR count). The molecule has 2 aromatic rings. The van der Waals surface area contributed by atoms with E-state index < -0.39 is 0 Å². The first-order chi connectivity index (χ1) is 8.79. The van der Waals surface area contributed by atoms with E-state index in [1.54, 1.807) is 25.4 Å². The minimum atomic E-state index is -0.180. The molecule has 0 bridgehead atoms. The second-order valence-corrected chi connectivity index (χ2v) is 3.55. The average molecular weight is 243 g/mol. The number of anilines is 1. The number of hydrogen-bond donors (Lipinski definition) is 1. The molecule has 0 fully saturated rings. The van der Waals surface area contributed by atoms with Gasteiger partial charge < -0.3 is 14.5 Å². The predicted octanol–water partition coefficient (Wildman–Crippen LogP) is 3.10. The van der Waals surface area contributed by atoms with Crippen molar-refractivity contribution < 1.29 is 13.9 Å². The molecule has 0 aliphatic rings. The number of methoxy groups -OCH3 is 1. The molecule has 0 radical (unpaired) electrons. The van der Waals surface area contributed by atoms with Crippen molar-refractivity contribution in [3.63, 3.8) is 0 Å². The standard InChI is InChI=1S/C14H13NO3/c1-17-12-6-4-11(5-7-12)15-9-8-13(16)14-3-2-10-18-14/h2-10,15H,1H3. The summed E-state index contributed by atoms with van der Waals surface area (Å²) in [6.45, 7) is 0. The summed E-state index contributed by atoms with van der Waals surface area (Å²) in [5, 5.41) is 2.99. The number of rotatable bonds is 5. The molecule has 18 heavy (non-hydrogen) atoms. The Balaban J connectivity index is 1.92. The second-order valence-electron chi connectivity index (χ2n) is 3.55. The molecular formula is C14H13NO3. The molecule has 1 heterocycles. The number of ether oxygens (including phenoxy) is 1. The number of allylic oxidation sites excluding steroid dienone is 1. The Morgan fingerprint density at radius 3 is 2.67 bits per heavy atom. The van der Waals surface area contributed by atoms with Crippen molar-refractivity contribution in [1.82, 2.24) is 0 Å². The molecule has 0 atom stereocenters. The molecule has 0 aliphatic carbocycles. The molecule has 0 unspecified atom stereocenters. The van der Waals surface area contributed by atoms with Crippen molar-refractivity contribution in [1.29, 1.82) is 0 Å². The van der Waals surface area contributed by atoms with Crippen molar-refractivity contribution in [3.8, 4) is 5.75 Å². The van der Waals surface area contributed by atoms with Gasteiger partial charge in [-0.1, -0.05) is 0 Å². The predicted molar refractivity (Wildman–Crippen MR) is 68.8 cm³/mol. The topological polar surface area (TPSA) is 51.5 Å². The van der Waals surface area contributed by atoms with E-state index >= 15 is 0 Å². The number of hydrogen-bond acceptors (Lipinski definition) is 4. The summed E-state index contributed by atoms with van der Waals surface area (Å²) in [5.41, 5.74) is 0.874.